The van der Waals surface area contributed by atoms with Gasteiger partial charge in [0, 0.05) is 0 Å². The Morgan fingerprint density at radius 2 is 1.60 bits per heavy atom. The number of benzene rings is 2. The fourth-order valence-electron chi connectivity index (χ4n) is 2.31. The van der Waals surface area contributed by atoms with Gasteiger partial charge in [-0.05, 0) is 36.6 Å². The summed E-state index contributed by atoms with van der Waals surface area (Å²) in [5, 5.41) is 3.23. The standard InChI is InChI=1S/C18H21NO/c1-3-19-18(14(2)20)13-15-9-11-17(12-10-15)16-7-5-4-6-8-16/h4-12,18-19H,3,13H2,1-2H3/t18-/m1/s1. The molecule has 0 aromatic heterocycles. The van der Waals surface area contributed by atoms with Crippen LogP contribution in [0.5, 0.6) is 0 Å². The highest BCUT2D eigenvalue weighted by molar-refractivity contribution is 5.81. The molecule has 0 saturated carbocycles. The molecule has 0 radical (unpaired) electrons. The van der Waals surface area contributed by atoms with E-state index in [1.165, 1.54) is 16.7 Å². The monoisotopic (exact) mass is 267 g/mol. The van der Waals surface area contributed by atoms with Crippen molar-refractivity contribution in [2.45, 2.75) is 26.3 Å². The molecule has 0 fully saturated rings. The molecular formula is C18H21NO. The highest BCUT2D eigenvalue weighted by Crippen LogP contribution is 2.19. The minimum atomic E-state index is -0.0809. The number of hydrogen-bond acceptors (Lipinski definition) is 2. The zero-order valence-electron chi connectivity index (χ0n) is 12.1. The molecule has 0 aliphatic rings. The summed E-state index contributed by atoms with van der Waals surface area (Å²) in [5.41, 5.74) is 3.61. The molecule has 0 unspecified atom stereocenters. The summed E-state index contributed by atoms with van der Waals surface area (Å²) < 4.78 is 0. The summed E-state index contributed by atoms with van der Waals surface area (Å²) in [6, 6.07) is 18.7. The Morgan fingerprint density at radius 1 is 1.00 bits per heavy atom. The van der Waals surface area contributed by atoms with E-state index in [9.17, 15) is 4.79 Å². The highest BCUT2D eigenvalue weighted by atomic mass is 16.1. The van der Waals surface area contributed by atoms with Gasteiger partial charge in [0.05, 0.1) is 6.04 Å². The van der Waals surface area contributed by atoms with Gasteiger partial charge < -0.3 is 5.32 Å². The second-order valence-electron chi connectivity index (χ2n) is 4.99. The molecule has 0 heterocycles. The zero-order valence-corrected chi connectivity index (χ0v) is 12.1. The summed E-state index contributed by atoms with van der Waals surface area (Å²) in [7, 11) is 0. The van der Waals surface area contributed by atoms with Crippen LogP contribution in [0.2, 0.25) is 0 Å². The van der Waals surface area contributed by atoms with Crippen molar-refractivity contribution in [3.8, 4) is 11.1 Å². The van der Waals surface area contributed by atoms with Gasteiger partial charge >= 0.3 is 0 Å². The van der Waals surface area contributed by atoms with Crippen LogP contribution in [0.1, 0.15) is 19.4 Å². The SMILES string of the molecule is CCN[C@H](Cc1ccc(-c2ccccc2)cc1)C(C)=O. The zero-order chi connectivity index (χ0) is 14.4. The topological polar surface area (TPSA) is 29.1 Å². The Morgan fingerprint density at radius 3 is 2.15 bits per heavy atom. The van der Waals surface area contributed by atoms with Crippen molar-refractivity contribution in [2.24, 2.45) is 0 Å². The first-order chi connectivity index (χ1) is 9.70. The average molecular weight is 267 g/mol. The van der Waals surface area contributed by atoms with E-state index >= 15 is 0 Å². The van der Waals surface area contributed by atoms with Gasteiger partial charge in [0.2, 0.25) is 0 Å². The lowest BCUT2D eigenvalue weighted by molar-refractivity contribution is -0.118. The number of rotatable bonds is 6. The maximum Gasteiger partial charge on any atom is 0.147 e. The van der Waals surface area contributed by atoms with Crippen molar-refractivity contribution in [3.05, 3.63) is 60.2 Å². The number of likely N-dealkylation sites (N-methyl/N-ethyl adjacent to an activating group) is 1. The number of carbonyl (C=O) groups is 1. The van der Waals surface area contributed by atoms with Gasteiger partial charge in [-0.1, -0.05) is 61.5 Å². The summed E-state index contributed by atoms with van der Waals surface area (Å²) in [6.07, 6.45) is 0.748. The van der Waals surface area contributed by atoms with Crippen molar-refractivity contribution in [2.75, 3.05) is 6.54 Å². The molecule has 2 aromatic carbocycles. The van der Waals surface area contributed by atoms with Crippen LogP contribution >= 0.6 is 0 Å². The number of nitrogens with one attached hydrogen (secondary N) is 1. The Balaban J connectivity index is 2.10. The van der Waals surface area contributed by atoms with Crippen molar-refractivity contribution in [3.63, 3.8) is 0 Å². The van der Waals surface area contributed by atoms with Crippen LogP contribution in [0.15, 0.2) is 54.6 Å². The van der Waals surface area contributed by atoms with Crippen LogP contribution in [-0.4, -0.2) is 18.4 Å². The molecular weight excluding hydrogens is 246 g/mol. The Kier molecular flexibility index (Phi) is 5.08. The lowest BCUT2D eigenvalue weighted by atomic mass is 9.99. The number of Topliss-reactive ketones (excluding diaryl/α,β-unsaturated/α-hetero) is 1. The third kappa shape index (κ3) is 3.78. The summed E-state index contributed by atoms with van der Waals surface area (Å²) in [4.78, 5) is 11.6. The lowest BCUT2D eigenvalue weighted by Gasteiger charge is -2.14. The summed E-state index contributed by atoms with van der Waals surface area (Å²) in [5.74, 6) is 0.194. The van der Waals surface area contributed by atoms with Gasteiger partial charge in [-0.15, -0.1) is 0 Å². The van der Waals surface area contributed by atoms with Crippen molar-refractivity contribution in [1.29, 1.82) is 0 Å². The predicted octanol–water partition coefficient (Wildman–Crippen LogP) is 3.46. The van der Waals surface area contributed by atoms with Crippen LogP contribution in [0.3, 0.4) is 0 Å². The van der Waals surface area contributed by atoms with E-state index in [4.69, 9.17) is 0 Å². The molecule has 0 bridgehead atoms. The Labute approximate surface area is 120 Å². The Bertz CT molecular complexity index is 545. The smallest absolute Gasteiger partial charge is 0.147 e. The van der Waals surface area contributed by atoms with E-state index in [1.54, 1.807) is 6.92 Å². The molecule has 0 aliphatic heterocycles. The number of hydrogen-bond donors (Lipinski definition) is 1. The second-order valence-corrected chi connectivity index (χ2v) is 4.99. The van der Waals surface area contributed by atoms with Crippen molar-refractivity contribution < 1.29 is 4.79 Å². The van der Waals surface area contributed by atoms with Crippen LogP contribution in [-0.2, 0) is 11.2 Å². The lowest BCUT2D eigenvalue weighted by Crippen LogP contribution is -2.37. The van der Waals surface area contributed by atoms with E-state index < -0.39 is 0 Å². The largest absolute Gasteiger partial charge is 0.307 e. The number of ketones is 1. The van der Waals surface area contributed by atoms with Crippen LogP contribution in [0.4, 0.5) is 0 Å². The minimum Gasteiger partial charge on any atom is -0.307 e. The van der Waals surface area contributed by atoms with Crippen LogP contribution in [0.25, 0.3) is 11.1 Å². The van der Waals surface area contributed by atoms with Gasteiger partial charge in [0.25, 0.3) is 0 Å². The van der Waals surface area contributed by atoms with Crippen molar-refractivity contribution in [1.82, 2.24) is 5.32 Å². The molecule has 2 nitrogen and oxygen atoms in total. The third-order valence-corrected chi connectivity index (χ3v) is 3.44. The molecule has 1 N–H and O–H groups in total. The molecule has 1 atom stereocenters. The molecule has 0 spiro atoms. The van der Waals surface area contributed by atoms with E-state index in [2.05, 4.69) is 41.7 Å². The van der Waals surface area contributed by atoms with Gasteiger partial charge in [-0.2, -0.15) is 0 Å². The van der Waals surface area contributed by atoms with E-state index in [0.29, 0.717) is 0 Å². The molecule has 0 amide bonds. The molecule has 0 saturated heterocycles. The average Bonchev–Trinajstić information content (AvgIpc) is 2.48. The van der Waals surface area contributed by atoms with Gasteiger partial charge in [-0.25, -0.2) is 0 Å². The second kappa shape index (κ2) is 7.01. The molecule has 2 aromatic rings. The fourth-order valence-corrected chi connectivity index (χ4v) is 2.31. The van der Waals surface area contributed by atoms with Gasteiger partial charge in [-0.3, -0.25) is 4.79 Å². The van der Waals surface area contributed by atoms with Crippen LogP contribution < -0.4 is 5.32 Å². The molecule has 104 valence electrons. The Hall–Kier alpha value is -1.93. The molecule has 2 rings (SSSR count). The quantitative estimate of drug-likeness (QED) is 0.868. The first kappa shape index (κ1) is 14.5. The normalized spacial score (nSPS) is 12.1. The minimum absolute atomic E-state index is 0.0809. The first-order valence-corrected chi connectivity index (χ1v) is 7.09. The maximum atomic E-state index is 11.6. The summed E-state index contributed by atoms with van der Waals surface area (Å²) in [6.45, 7) is 4.48. The maximum absolute atomic E-state index is 11.6. The fraction of sp³-hybridized carbons (Fsp3) is 0.278. The highest BCUT2D eigenvalue weighted by Gasteiger charge is 2.13. The first-order valence-electron chi connectivity index (χ1n) is 7.09. The van der Waals surface area contributed by atoms with E-state index in [-0.39, 0.29) is 11.8 Å². The number of carbonyl (C=O) groups excluding carboxylic acids is 1. The van der Waals surface area contributed by atoms with E-state index in [0.717, 1.165) is 13.0 Å². The van der Waals surface area contributed by atoms with Gasteiger partial charge in [0.1, 0.15) is 5.78 Å². The molecule has 0 aliphatic carbocycles. The van der Waals surface area contributed by atoms with Crippen molar-refractivity contribution >= 4 is 5.78 Å². The molecule has 20 heavy (non-hydrogen) atoms. The predicted molar refractivity (Wildman–Crippen MR) is 83.7 cm³/mol. The van der Waals surface area contributed by atoms with E-state index in [1.807, 2.05) is 25.1 Å². The summed E-state index contributed by atoms with van der Waals surface area (Å²) >= 11 is 0. The van der Waals surface area contributed by atoms with Crippen LogP contribution in [0, 0.1) is 0 Å². The van der Waals surface area contributed by atoms with Gasteiger partial charge in [0.15, 0.2) is 0 Å². The molecule has 2 heteroatoms. The third-order valence-electron chi connectivity index (χ3n) is 3.44.